The molecule has 0 bridgehead atoms. The van der Waals surface area contributed by atoms with Gasteiger partial charge in [-0.1, -0.05) is 42.5 Å². The summed E-state index contributed by atoms with van der Waals surface area (Å²) in [6, 6.07) is 17.2. The van der Waals surface area contributed by atoms with E-state index >= 15 is 0 Å². The van der Waals surface area contributed by atoms with Crippen LogP contribution >= 0.6 is 0 Å². The predicted molar refractivity (Wildman–Crippen MR) is 119 cm³/mol. The van der Waals surface area contributed by atoms with Gasteiger partial charge in [-0.05, 0) is 55.0 Å². The van der Waals surface area contributed by atoms with Crippen LogP contribution < -0.4 is 0 Å². The van der Waals surface area contributed by atoms with Gasteiger partial charge >= 0.3 is 5.97 Å². The van der Waals surface area contributed by atoms with Crippen molar-refractivity contribution in [1.82, 2.24) is 9.47 Å². The molecule has 2 aliphatic rings. The van der Waals surface area contributed by atoms with Gasteiger partial charge in [-0.3, -0.25) is 4.79 Å². The summed E-state index contributed by atoms with van der Waals surface area (Å²) in [6.45, 7) is 1.43. The van der Waals surface area contributed by atoms with Crippen molar-refractivity contribution in [2.24, 2.45) is 13.0 Å². The molecule has 2 aromatic carbocycles. The molecule has 0 unspecified atom stereocenters. The molecule has 0 N–H and O–H groups in total. The fourth-order valence-electron chi connectivity index (χ4n) is 5.67. The van der Waals surface area contributed by atoms with Crippen LogP contribution in [0.25, 0.3) is 10.9 Å². The van der Waals surface area contributed by atoms with Crippen molar-refractivity contribution in [3.8, 4) is 0 Å². The summed E-state index contributed by atoms with van der Waals surface area (Å²) in [5.74, 6) is 0.994. The zero-order valence-electron chi connectivity index (χ0n) is 17.9. The van der Waals surface area contributed by atoms with E-state index in [9.17, 15) is 4.79 Å². The predicted octanol–water partition coefficient (Wildman–Crippen LogP) is 4.66. The van der Waals surface area contributed by atoms with Crippen molar-refractivity contribution in [1.29, 1.82) is 0 Å². The van der Waals surface area contributed by atoms with Gasteiger partial charge in [0, 0.05) is 49.1 Å². The maximum absolute atomic E-state index is 12.3. The van der Waals surface area contributed by atoms with Gasteiger partial charge in [-0.2, -0.15) is 0 Å². The lowest BCUT2D eigenvalue weighted by molar-refractivity contribution is -0.145. The van der Waals surface area contributed by atoms with E-state index in [-0.39, 0.29) is 5.97 Å². The summed E-state index contributed by atoms with van der Waals surface area (Å²) in [4.78, 5) is 14.8. The van der Waals surface area contributed by atoms with Gasteiger partial charge in [0.05, 0.1) is 0 Å². The first-order valence-corrected chi connectivity index (χ1v) is 11.1. The molecule has 30 heavy (non-hydrogen) atoms. The Hall–Kier alpha value is -2.59. The third-order valence-corrected chi connectivity index (χ3v) is 7.12. The number of hydrogen-bond donors (Lipinski definition) is 0. The molecule has 0 saturated carbocycles. The smallest absolute Gasteiger partial charge is 0.306 e. The Labute approximate surface area is 178 Å². The molecule has 5 rings (SSSR count). The fraction of sp³-hybridized carbons (Fsp3) is 0.423. The van der Waals surface area contributed by atoms with Crippen molar-refractivity contribution in [3.05, 3.63) is 71.4 Å². The Morgan fingerprint density at radius 3 is 2.77 bits per heavy atom. The highest BCUT2D eigenvalue weighted by atomic mass is 16.5. The number of ether oxygens (including phenoxy) is 1. The largest absolute Gasteiger partial charge is 0.461 e. The summed E-state index contributed by atoms with van der Waals surface area (Å²) < 4.78 is 7.76. The molecule has 0 radical (unpaired) electrons. The Balaban J connectivity index is 1.25. The second-order valence-corrected chi connectivity index (χ2v) is 9.11. The first-order chi connectivity index (χ1) is 14.6. The van der Waals surface area contributed by atoms with E-state index in [1.54, 1.807) is 0 Å². The van der Waals surface area contributed by atoms with Crippen LogP contribution in [0.2, 0.25) is 0 Å². The number of aromatic nitrogens is 1. The fourth-order valence-corrected chi connectivity index (χ4v) is 5.67. The van der Waals surface area contributed by atoms with Crippen molar-refractivity contribution in [3.63, 3.8) is 0 Å². The van der Waals surface area contributed by atoms with Gasteiger partial charge in [0.1, 0.15) is 6.61 Å². The number of hydrogen-bond acceptors (Lipinski definition) is 3. The van der Waals surface area contributed by atoms with Crippen LogP contribution in [0.15, 0.2) is 54.7 Å². The van der Waals surface area contributed by atoms with Crippen molar-refractivity contribution < 1.29 is 9.53 Å². The Bertz CT molecular complexity index is 1060. The van der Waals surface area contributed by atoms with Gasteiger partial charge in [0.2, 0.25) is 0 Å². The summed E-state index contributed by atoms with van der Waals surface area (Å²) in [7, 11) is 4.41. The zero-order chi connectivity index (χ0) is 20.7. The molecule has 3 aromatic rings. The van der Waals surface area contributed by atoms with Gasteiger partial charge in [0.15, 0.2) is 0 Å². The topological polar surface area (TPSA) is 34.5 Å². The lowest BCUT2D eigenvalue weighted by Gasteiger charge is -2.45. The van der Waals surface area contributed by atoms with Crippen LogP contribution in [0.1, 0.15) is 41.9 Å². The Kier molecular flexibility index (Phi) is 5.11. The SMILES string of the molecule is CN1C[C@H](CCC(=O)OCc2ccccc2)C[C@@H]2c3cccc4c3c(cn4C)C[C@H]21. The molecular weight excluding hydrogens is 372 g/mol. The summed E-state index contributed by atoms with van der Waals surface area (Å²) in [5, 5.41) is 1.47. The molecule has 2 heterocycles. The normalized spacial score (nSPS) is 23.3. The van der Waals surface area contributed by atoms with E-state index < -0.39 is 0 Å². The number of carbonyl (C=O) groups is 1. The van der Waals surface area contributed by atoms with Crippen LogP contribution in [0.3, 0.4) is 0 Å². The van der Waals surface area contributed by atoms with Gasteiger partial charge in [-0.25, -0.2) is 0 Å². The van der Waals surface area contributed by atoms with E-state index in [0.29, 0.717) is 30.9 Å². The minimum atomic E-state index is -0.0836. The molecular formula is C26H30N2O2. The average molecular weight is 403 g/mol. The second-order valence-electron chi connectivity index (χ2n) is 9.11. The third kappa shape index (κ3) is 3.54. The minimum absolute atomic E-state index is 0.0836. The zero-order valence-corrected chi connectivity index (χ0v) is 17.9. The van der Waals surface area contributed by atoms with Crippen LogP contribution in [-0.2, 0) is 29.6 Å². The molecule has 156 valence electrons. The highest BCUT2D eigenvalue weighted by Crippen LogP contribution is 2.45. The molecule has 4 heteroatoms. The molecule has 1 fully saturated rings. The van der Waals surface area contributed by atoms with E-state index in [1.807, 2.05) is 30.3 Å². The molecule has 4 nitrogen and oxygen atoms in total. The number of benzene rings is 2. The molecule has 1 aliphatic carbocycles. The second kappa shape index (κ2) is 7.92. The highest BCUT2D eigenvalue weighted by Gasteiger charge is 2.39. The summed E-state index contributed by atoms with van der Waals surface area (Å²) in [6.07, 6.45) is 6.01. The van der Waals surface area contributed by atoms with E-state index in [0.717, 1.165) is 31.4 Å². The average Bonchev–Trinajstić information content (AvgIpc) is 3.09. The number of aryl methyl sites for hydroxylation is 1. The number of nitrogens with zero attached hydrogens (tertiary/aromatic N) is 2. The van der Waals surface area contributed by atoms with Gasteiger partial charge in [-0.15, -0.1) is 0 Å². The Morgan fingerprint density at radius 1 is 1.10 bits per heavy atom. The molecule has 1 aromatic heterocycles. The van der Waals surface area contributed by atoms with E-state index in [4.69, 9.17) is 4.74 Å². The van der Waals surface area contributed by atoms with Crippen LogP contribution in [-0.4, -0.2) is 35.1 Å². The quantitative estimate of drug-likeness (QED) is 0.582. The molecule has 1 saturated heterocycles. The molecule has 3 atom stereocenters. The van der Waals surface area contributed by atoms with E-state index in [2.05, 4.69) is 48.0 Å². The van der Waals surface area contributed by atoms with Crippen molar-refractivity contribution in [2.45, 2.75) is 44.2 Å². The number of rotatable bonds is 5. The number of fused-ring (bicyclic) bond motifs is 2. The van der Waals surface area contributed by atoms with Crippen LogP contribution in [0, 0.1) is 5.92 Å². The van der Waals surface area contributed by atoms with E-state index in [1.165, 1.54) is 22.0 Å². The first kappa shape index (κ1) is 19.4. The van der Waals surface area contributed by atoms with Crippen molar-refractivity contribution in [2.75, 3.05) is 13.6 Å². The maximum atomic E-state index is 12.3. The van der Waals surface area contributed by atoms with Crippen molar-refractivity contribution >= 4 is 16.9 Å². The van der Waals surface area contributed by atoms with Crippen LogP contribution in [0.5, 0.6) is 0 Å². The minimum Gasteiger partial charge on any atom is -0.461 e. The number of esters is 1. The number of likely N-dealkylation sites (tertiary alicyclic amines) is 1. The monoisotopic (exact) mass is 402 g/mol. The standard InChI is InChI=1S/C26H30N2O2/c1-27-15-19(11-12-25(29)30-17-18-7-4-3-5-8-18)13-22-21-9-6-10-23-26(21)20(14-24(22)27)16-28(23)2/h3-10,16,19,22,24H,11-15,17H2,1-2H3/t19-,22-,24-/m1/s1. The lowest BCUT2D eigenvalue weighted by atomic mass is 9.72. The summed E-state index contributed by atoms with van der Waals surface area (Å²) >= 11 is 0. The van der Waals surface area contributed by atoms with Crippen LogP contribution in [0.4, 0.5) is 0 Å². The highest BCUT2D eigenvalue weighted by molar-refractivity contribution is 5.89. The molecule has 0 spiro atoms. The van der Waals surface area contributed by atoms with Gasteiger partial charge in [0.25, 0.3) is 0 Å². The maximum Gasteiger partial charge on any atom is 0.306 e. The number of carbonyl (C=O) groups excluding carboxylic acids is 1. The number of piperidine rings is 1. The third-order valence-electron chi connectivity index (χ3n) is 7.12. The molecule has 1 aliphatic heterocycles. The Morgan fingerprint density at radius 2 is 1.93 bits per heavy atom. The lowest BCUT2D eigenvalue weighted by Crippen LogP contribution is -2.47. The summed E-state index contributed by atoms with van der Waals surface area (Å²) in [5.41, 5.74) is 5.37. The number of likely N-dealkylation sites (N-methyl/N-ethyl adjacent to an activating group) is 1. The first-order valence-electron chi connectivity index (χ1n) is 11.1. The van der Waals surface area contributed by atoms with Gasteiger partial charge < -0.3 is 14.2 Å². The molecule has 0 amide bonds.